The largest absolute Gasteiger partial charge is 0.424 e. The van der Waals surface area contributed by atoms with Crippen LogP contribution in [0, 0.1) is 11.3 Å². The van der Waals surface area contributed by atoms with Crippen LogP contribution < -0.4 is 0 Å². The molecule has 1 atom stereocenters. The van der Waals surface area contributed by atoms with Gasteiger partial charge >= 0.3 is 0 Å². The number of carbonyl (C=O) groups excluding carboxylic acids is 1. The molecule has 0 N–H and O–H groups in total. The van der Waals surface area contributed by atoms with E-state index in [2.05, 4.69) is 33.8 Å². The number of piperidine rings is 1. The summed E-state index contributed by atoms with van der Waals surface area (Å²) >= 11 is 0. The molecule has 1 amide bonds. The maximum absolute atomic E-state index is 13.1. The zero-order valence-electron chi connectivity index (χ0n) is 14.8. The van der Waals surface area contributed by atoms with Crippen molar-refractivity contribution >= 4 is 5.91 Å². The summed E-state index contributed by atoms with van der Waals surface area (Å²) < 4.78 is 5.73. The van der Waals surface area contributed by atoms with Crippen molar-refractivity contribution in [1.29, 1.82) is 0 Å². The van der Waals surface area contributed by atoms with Crippen LogP contribution >= 0.6 is 0 Å². The Bertz CT molecular complexity index is 610. The van der Waals surface area contributed by atoms with Crippen molar-refractivity contribution in [3.05, 3.63) is 11.8 Å². The van der Waals surface area contributed by atoms with Crippen molar-refractivity contribution in [2.45, 2.75) is 58.4 Å². The summed E-state index contributed by atoms with van der Waals surface area (Å²) in [5, 5.41) is 8.27. The van der Waals surface area contributed by atoms with Crippen LogP contribution in [0.4, 0.5) is 0 Å². The van der Waals surface area contributed by atoms with Gasteiger partial charge in [-0.05, 0) is 44.6 Å². The SMILES string of the molecule is CC(C)c1nnc(CN2CC[C@]3(CCCN(CC4CC4)C3=O)C2)o1. The molecule has 1 aromatic rings. The first-order valence-electron chi connectivity index (χ1n) is 9.40. The summed E-state index contributed by atoms with van der Waals surface area (Å²) in [6.45, 7) is 8.50. The van der Waals surface area contributed by atoms with Crippen molar-refractivity contribution in [3.8, 4) is 0 Å². The van der Waals surface area contributed by atoms with Gasteiger partial charge in [-0.1, -0.05) is 13.8 Å². The van der Waals surface area contributed by atoms with Crippen LogP contribution in [0.2, 0.25) is 0 Å². The fraction of sp³-hybridized carbons (Fsp3) is 0.833. The highest BCUT2D eigenvalue weighted by atomic mass is 16.4. The van der Waals surface area contributed by atoms with Crippen LogP contribution in [0.1, 0.15) is 63.7 Å². The predicted molar refractivity (Wildman–Crippen MR) is 89.3 cm³/mol. The smallest absolute Gasteiger partial charge is 0.230 e. The molecule has 0 bridgehead atoms. The Morgan fingerprint density at radius 3 is 2.79 bits per heavy atom. The first-order chi connectivity index (χ1) is 11.6. The second-order valence-electron chi connectivity index (χ2n) is 8.23. The van der Waals surface area contributed by atoms with Gasteiger partial charge in [-0.15, -0.1) is 10.2 Å². The van der Waals surface area contributed by atoms with E-state index in [0.717, 1.165) is 51.4 Å². The first kappa shape index (κ1) is 16.1. The fourth-order valence-electron chi connectivity index (χ4n) is 4.17. The number of hydrogen-bond acceptors (Lipinski definition) is 5. The van der Waals surface area contributed by atoms with Gasteiger partial charge < -0.3 is 9.32 Å². The van der Waals surface area contributed by atoms with Crippen LogP contribution in [-0.2, 0) is 11.3 Å². The van der Waals surface area contributed by atoms with Gasteiger partial charge in [-0.25, -0.2) is 0 Å². The fourth-order valence-corrected chi connectivity index (χ4v) is 4.17. The van der Waals surface area contributed by atoms with Gasteiger partial charge in [0, 0.05) is 25.6 Å². The van der Waals surface area contributed by atoms with Crippen molar-refractivity contribution in [2.24, 2.45) is 11.3 Å². The molecule has 6 nitrogen and oxygen atoms in total. The molecular weight excluding hydrogens is 304 g/mol. The van der Waals surface area contributed by atoms with Gasteiger partial charge in [0.1, 0.15) is 0 Å². The lowest BCUT2D eigenvalue weighted by Crippen LogP contribution is -2.50. The van der Waals surface area contributed by atoms with Crippen LogP contribution in [0.3, 0.4) is 0 Å². The lowest BCUT2D eigenvalue weighted by atomic mass is 9.78. The number of rotatable bonds is 5. The van der Waals surface area contributed by atoms with E-state index in [-0.39, 0.29) is 11.3 Å². The topological polar surface area (TPSA) is 62.5 Å². The molecule has 3 heterocycles. The Hall–Kier alpha value is -1.43. The standard InChI is InChI=1S/C18H28N4O2/c1-13(2)16-20-19-15(24-16)11-21-9-7-18(12-21)6-3-8-22(17(18)23)10-14-4-5-14/h13-14H,3-12H2,1-2H3/t18-/m1/s1. The number of amides is 1. The highest BCUT2D eigenvalue weighted by Gasteiger charge is 2.49. The molecule has 3 fully saturated rings. The van der Waals surface area contributed by atoms with E-state index in [1.807, 2.05) is 0 Å². The number of carbonyl (C=O) groups is 1. The third-order valence-corrected chi connectivity index (χ3v) is 5.77. The first-order valence-corrected chi connectivity index (χ1v) is 9.40. The minimum absolute atomic E-state index is 0.159. The number of aromatic nitrogens is 2. The molecule has 6 heteroatoms. The molecule has 132 valence electrons. The zero-order chi connectivity index (χ0) is 16.7. The van der Waals surface area contributed by atoms with Gasteiger partial charge in [0.15, 0.2) is 0 Å². The Morgan fingerprint density at radius 1 is 1.25 bits per heavy atom. The van der Waals surface area contributed by atoms with E-state index in [1.165, 1.54) is 12.8 Å². The van der Waals surface area contributed by atoms with E-state index >= 15 is 0 Å². The van der Waals surface area contributed by atoms with Crippen LogP contribution in [0.25, 0.3) is 0 Å². The van der Waals surface area contributed by atoms with Crippen LogP contribution in [-0.4, -0.2) is 52.1 Å². The van der Waals surface area contributed by atoms with Crippen molar-refractivity contribution in [1.82, 2.24) is 20.0 Å². The number of likely N-dealkylation sites (tertiary alicyclic amines) is 2. The van der Waals surface area contributed by atoms with E-state index in [0.29, 0.717) is 24.2 Å². The molecule has 4 rings (SSSR count). The number of nitrogens with zero attached hydrogens (tertiary/aromatic N) is 4. The Balaban J connectivity index is 1.39. The highest BCUT2D eigenvalue weighted by Crippen LogP contribution is 2.42. The van der Waals surface area contributed by atoms with Crippen LogP contribution in [0.5, 0.6) is 0 Å². The van der Waals surface area contributed by atoms with Crippen molar-refractivity contribution in [3.63, 3.8) is 0 Å². The third-order valence-electron chi connectivity index (χ3n) is 5.77. The Labute approximate surface area is 143 Å². The molecule has 0 radical (unpaired) electrons. The lowest BCUT2D eigenvalue weighted by molar-refractivity contribution is -0.146. The van der Waals surface area contributed by atoms with Gasteiger partial charge in [0.05, 0.1) is 12.0 Å². The molecule has 1 spiro atoms. The third kappa shape index (κ3) is 3.08. The molecular formula is C18H28N4O2. The highest BCUT2D eigenvalue weighted by molar-refractivity contribution is 5.84. The molecule has 1 saturated carbocycles. The van der Waals surface area contributed by atoms with Gasteiger partial charge in [-0.2, -0.15) is 0 Å². The monoisotopic (exact) mass is 332 g/mol. The van der Waals surface area contributed by atoms with E-state index in [9.17, 15) is 4.79 Å². The lowest BCUT2D eigenvalue weighted by Gasteiger charge is -2.39. The average Bonchev–Trinajstić information content (AvgIpc) is 3.08. The van der Waals surface area contributed by atoms with Gasteiger partial charge in [0.25, 0.3) is 0 Å². The summed E-state index contributed by atoms with van der Waals surface area (Å²) in [6.07, 6.45) is 5.75. The van der Waals surface area contributed by atoms with E-state index in [4.69, 9.17) is 4.42 Å². The van der Waals surface area contributed by atoms with E-state index < -0.39 is 0 Å². The van der Waals surface area contributed by atoms with Gasteiger partial charge in [-0.3, -0.25) is 9.69 Å². The molecule has 24 heavy (non-hydrogen) atoms. The predicted octanol–water partition coefficient (Wildman–Crippen LogP) is 2.42. The molecule has 0 aromatic carbocycles. The number of hydrogen-bond donors (Lipinski definition) is 0. The zero-order valence-corrected chi connectivity index (χ0v) is 14.8. The van der Waals surface area contributed by atoms with E-state index in [1.54, 1.807) is 0 Å². The molecule has 1 aromatic heterocycles. The molecule has 2 aliphatic heterocycles. The Kier molecular flexibility index (Phi) is 4.11. The Morgan fingerprint density at radius 2 is 2.08 bits per heavy atom. The normalized spacial score (nSPS) is 28.5. The minimum Gasteiger partial charge on any atom is -0.424 e. The van der Waals surface area contributed by atoms with Crippen LogP contribution in [0.15, 0.2) is 4.42 Å². The average molecular weight is 332 g/mol. The quantitative estimate of drug-likeness (QED) is 0.828. The summed E-state index contributed by atoms with van der Waals surface area (Å²) in [7, 11) is 0. The second kappa shape index (κ2) is 6.14. The second-order valence-corrected chi connectivity index (χ2v) is 8.23. The summed E-state index contributed by atoms with van der Waals surface area (Å²) in [4.78, 5) is 17.5. The van der Waals surface area contributed by atoms with Crippen molar-refractivity contribution < 1.29 is 9.21 Å². The molecule has 0 unspecified atom stereocenters. The molecule has 3 aliphatic rings. The maximum Gasteiger partial charge on any atom is 0.230 e. The summed E-state index contributed by atoms with van der Waals surface area (Å²) in [6, 6.07) is 0. The van der Waals surface area contributed by atoms with Gasteiger partial charge in [0.2, 0.25) is 17.7 Å². The summed E-state index contributed by atoms with van der Waals surface area (Å²) in [5.41, 5.74) is -0.159. The molecule has 1 aliphatic carbocycles. The molecule has 2 saturated heterocycles. The minimum atomic E-state index is -0.159. The maximum atomic E-state index is 13.1. The van der Waals surface area contributed by atoms with Crippen molar-refractivity contribution in [2.75, 3.05) is 26.2 Å². The summed E-state index contributed by atoms with van der Waals surface area (Å²) in [5.74, 6) is 2.80.